The molecule has 2 aromatic rings. The summed E-state index contributed by atoms with van der Waals surface area (Å²) in [5, 5.41) is 0. The zero-order valence-electron chi connectivity index (χ0n) is 16.6. The first-order chi connectivity index (χ1) is 14.1. The third-order valence-corrected chi connectivity index (χ3v) is 5.35. The highest BCUT2D eigenvalue weighted by Crippen LogP contribution is 2.35. The maximum atomic E-state index is 13.2. The maximum Gasteiger partial charge on any atom is 0.231 e. The summed E-state index contributed by atoms with van der Waals surface area (Å²) in [6.07, 6.45) is 0.203. The van der Waals surface area contributed by atoms with Gasteiger partial charge in [-0.1, -0.05) is 18.2 Å². The molecule has 0 unspecified atom stereocenters. The Morgan fingerprint density at radius 2 is 2.00 bits per heavy atom. The first-order valence-electron chi connectivity index (χ1n) is 9.71. The van der Waals surface area contributed by atoms with Gasteiger partial charge in [0.25, 0.3) is 0 Å². The molecular formula is C22H24N2O5. The summed E-state index contributed by atoms with van der Waals surface area (Å²) in [5.41, 5.74) is 1.67. The van der Waals surface area contributed by atoms with Gasteiger partial charge in [0.05, 0.1) is 18.7 Å². The third kappa shape index (κ3) is 3.72. The minimum Gasteiger partial charge on any atom is -0.495 e. The monoisotopic (exact) mass is 396 g/mol. The zero-order valence-corrected chi connectivity index (χ0v) is 16.6. The first-order valence-corrected chi connectivity index (χ1v) is 9.71. The Balaban J connectivity index is 1.47. The number of carbonyl (C=O) groups is 2. The Bertz CT molecular complexity index is 929. The van der Waals surface area contributed by atoms with Crippen molar-refractivity contribution in [2.75, 3.05) is 31.9 Å². The summed E-state index contributed by atoms with van der Waals surface area (Å²) in [5.74, 6) is 1.59. The van der Waals surface area contributed by atoms with Crippen LogP contribution in [0.2, 0.25) is 0 Å². The van der Waals surface area contributed by atoms with E-state index in [4.69, 9.17) is 14.2 Å². The number of rotatable bonds is 6. The summed E-state index contributed by atoms with van der Waals surface area (Å²) >= 11 is 0. The Labute approximate surface area is 169 Å². The third-order valence-electron chi connectivity index (χ3n) is 5.35. The number of hydrogen-bond donors (Lipinski definition) is 0. The van der Waals surface area contributed by atoms with Gasteiger partial charge in [-0.25, -0.2) is 0 Å². The van der Waals surface area contributed by atoms with Crippen LogP contribution in [0.5, 0.6) is 17.2 Å². The quantitative estimate of drug-likeness (QED) is 0.751. The molecule has 0 saturated carbocycles. The second-order valence-electron chi connectivity index (χ2n) is 7.12. The van der Waals surface area contributed by atoms with Crippen molar-refractivity contribution in [1.82, 2.24) is 4.90 Å². The van der Waals surface area contributed by atoms with Crippen LogP contribution >= 0.6 is 0 Å². The van der Waals surface area contributed by atoms with Crippen LogP contribution in [0.15, 0.2) is 42.5 Å². The molecule has 152 valence electrons. The summed E-state index contributed by atoms with van der Waals surface area (Å²) in [6.45, 7) is 3.55. The predicted molar refractivity (Wildman–Crippen MR) is 107 cm³/mol. The molecule has 2 amide bonds. The fraction of sp³-hybridized carbons (Fsp3) is 0.364. The lowest BCUT2D eigenvalue weighted by Crippen LogP contribution is -2.37. The molecule has 0 aliphatic carbocycles. The van der Waals surface area contributed by atoms with Gasteiger partial charge in [0.15, 0.2) is 11.5 Å². The van der Waals surface area contributed by atoms with E-state index in [9.17, 15) is 9.59 Å². The van der Waals surface area contributed by atoms with Gasteiger partial charge in [-0.15, -0.1) is 0 Å². The van der Waals surface area contributed by atoms with Crippen molar-refractivity contribution in [3.8, 4) is 17.2 Å². The van der Waals surface area contributed by atoms with Gasteiger partial charge in [-0.2, -0.15) is 0 Å². The molecule has 2 heterocycles. The van der Waals surface area contributed by atoms with Crippen LogP contribution < -0.4 is 19.1 Å². The van der Waals surface area contributed by atoms with E-state index < -0.39 is 0 Å². The Hall–Kier alpha value is -3.22. The molecule has 29 heavy (non-hydrogen) atoms. The van der Waals surface area contributed by atoms with Crippen molar-refractivity contribution in [1.29, 1.82) is 0 Å². The van der Waals surface area contributed by atoms with Crippen molar-refractivity contribution in [2.24, 2.45) is 5.92 Å². The van der Waals surface area contributed by atoms with Crippen molar-refractivity contribution in [2.45, 2.75) is 19.9 Å². The highest BCUT2D eigenvalue weighted by Gasteiger charge is 2.38. The highest BCUT2D eigenvalue weighted by atomic mass is 16.7. The highest BCUT2D eigenvalue weighted by molar-refractivity contribution is 6.01. The molecule has 0 spiro atoms. The molecule has 0 N–H and O–H groups in total. The van der Waals surface area contributed by atoms with Gasteiger partial charge in [-0.3, -0.25) is 9.59 Å². The Morgan fingerprint density at radius 3 is 2.79 bits per heavy atom. The molecular weight excluding hydrogens is 372 g/mol. The number of carbonyl (C=O) groups excluding carboxylic acids is 2. The summed E-state index contributed by atoms with van der Waals surface area (Å²) in [4.78, 5) is 29.2. The number of para-hydroxylation sites is 2. The molecule has 1 saturated heterocycles. The predicted octanol–water partition coefficient (Wildman–Crippen LogP) is 2.83. The topological polar surface area (TPSA) is 68.3 Å². The van der Waals surface area contributed by atoms with Gasteiger partial charge >= 0.3 is 0 Å². The largest absolute Gasteiger partial charge is 0.495 e. The molecule has 0 aromatic heterocycles. The molecule has 7 heteroatoms. The number of amides is 2. The summed E-state index contributed by atoms with van der Waals surface area (Å²) in [6, 6.07) is 13.1. The number of methoxy groups -OCH3 is 1. The average molecular weight is 396 g/mol. The van der Waals surface area contributed by atoms with E-state index in [-0.39, 0.29) is 30.9 Å². The van der Waals surface area contributed by atoms with Crippen molar-refractivity contribution >= 4 is 17.5 Å². The molecule has 2 aliphatic heterocycles. The van der Waals surface area contributed by atoms with Gasteiger partial charge in [-0.05, 0) is 36.8 Å². The molecule has 4 rings (SSSR count). The summed E-state index contributed by atoms with van der Waals surface area (Å²) < 4.78 is 16.1. The normalized spacial score (nSPS) is 17.5. The van der Waals surface area contributed by atoms with Crippen molar-refractivity contribution < 1.29 is 23.8 Å². The van der Waals surface area contributed by atoms with Crippen molar-refractivity contribution in [3.05, 3.63) is 48.0 Å². The van der Waals surface area contributed by atoms with Crippen LogP contribution in [-0.4, -0.2) is 43.7 Å². The molecule has 2 aliphatic rings. The first kappa shape index (κ1) is 19.1. The van der Waals surface area contributed by atoms with Crippen LogP contribution in [0.1, 0.15) is 18.9 Å². The molecule has 2 aromatic carbocycles. The number of ether oxygens (including phenoxy) is 3. The van der Waals surface area contributed by atoms with E-state index in [0.717, 1.165) is 11.3 Å². The van der Waals surface area contributed by atoms with E-state index in [1.54, 1.807) is 16.9 Å². The minimum atomic E-state index is -0.374. The van der Waals surface area contributed by atoms with Gasteiger partial charge < -0.3 is 24.0 Å². The Kier molecular flexibility index (Phi) is 5.29. The molecule has 1 atom stereocenters. The molecule has 1 fully saturated rings. The second kappa shape index (κ2) is 8.03. The zero-order chi connectivity index (χ0) is 20.4. The smallest absolute Gasteiger partial charge is 0.231 e. The molecule has 0 radical (unpaired) electrons. The van der Waals surface area contributed by atoms with Crippen LogP contribution in [0.25, 0.3) is 0 Å². The van der Waals surface area contributed by atoms with E-state index >= 15 is 0 Å². The summed E-state index contributed by atoms with van der Waals surface area (Å²) in [7, 11) is 1.58. The van der Waals surface area contributed by atoms with E-state index in [0.29, 0.717) is 36.8 Å². The number of hydrogen-bond acceptors (Lipinski definition) is 5. The van der Waals surface area contributed by atoms with Crippen LogP contribution in [0.3, 0.4) is 0 Å². The molecule has 7 nitrogen and oxygen atoms in total. The minimum absolute atomic E-state index is 0.0177. The van der Waals surface area contributed by atoms with E-state index in [1.807, 2.05) is 49.4 Å². The van der Waals surface area contributed by atoms with Crippen LogP contribution in [0.4, 0.5) is 5.69 Å². The van der Waals surface area contributed by atoms with Crippen LogP contribution in [0, 0.1) is 5.92 Å². The molecule has 0 bridgehead atoms. The lowest BCUT2D eigenvalue weighted by Gasteiger charge is -2.25. The van der Waals surface area contributed by atoms with Crippen molar-refractivity contribution in [3.63, 3.8) is 0 Å². The van der Waals surface area contributed by atoms with E-state index in [2.05, 4.69) is 0 Å². The van der Waals surface area contributed by atoms with E-state index in [1.165, 1.54) is 0 Å². The van der Waals surface area contributed by atoms with Crippen LogP contribution in [-0.2, 0) is 16.1 Å². The number of benzene rings is 2. The number of anilines is 1. The Morgan fingerprint density at radius 1 is 1.21 bits per heavy atom. The number of fused-ring (bicyclic) bond motifs is 1. The van der Waals surface area contributed by atoms with Gasteiger partial charge in [0.1, 0.15) is 5.75 Å². The number of nitrogens with zero attached hydrogens (tertiary/aromatic N) is 2. The van der Waals surface area contributed by atoms with Gasteiger partial charge in [0, 0.05) is 26.1 Å². The lowest BCUT2D eigenvalue weighted by molar-refractivity contribution is -0.136. The average Bonchev–Trinajstić information content (AvgIpc) is 3.37. The fourth-order valence-corrected chi connectivity index (χ4v) is 3.82. The standard InChI is InChI=1S/C22H24N2O5/c1-3-23(12-15-8-9-19-20(10-15)29-14-28-19)22(26)16-11-21(25)24(13-16)17-6-4-5-7-18(17)27-2/h4-10,16H,3,11-14H2,1-2H3/t16-/m0/s1. The fourth-order valence-electron chi connectivity index (χ4n) is 3.82. The second-order valence-corrected chi connectivity index (χ2v) is 7.12. The maximum absolute atomic E-state index is 13.2. The van der Waals surface area contributed by atoms with Gasteiger partial charge in [0.2, 0.25) is 18.6 Å². The lowest BCUT2D eigenvalue weighted by atomic mass is 10.1. The SMILES string of the molecule is CCN(Cc1ccc2c(c1)OCO2)C(=O)[C@H]1CC(=O)N(c2ccccc2OC)C1.